The van der Waals surface area contributed by atoms with Crippen molar-refractivity contribution in [3.05, 3.63) is 53.2 Å². The van der Waals surface area contributed by atoms with Gasteiger partial charge < -0.3 is 49.8 Å². The number of fused-ring (bicyclic) bond motifs is 1. The number of hydrogen-bond acceptors (Lipinski definition) is 12. The van der Waals surface area contributed by atoms with Crippen molar-refractivity contribution in [1.29, 1.82) is 0 Å². The second-order valence-corrected chi connectivity index (χ2v) is 9.87. The van der Waals surface area contributed by atoms with Crippen LogP contribution in [0.5, 0.6) is 11.5 Å². The van der Waals surface area contributed by atoms with Gasteiger partial charge in [-0.2, -0.15) is 0 Å². The molecule has 0 bridgehead atoms. The van der Waals surface area contributed by atoms with Gasteiger partial charge in [0.25, 0.3) is 11.8 Å². The van der Waals surface area contributed by atoms with Crippen molar-refractivity contribution in [2.45, 2.75) is 25.5 Å². The Labute approximate surface area is 219 Å². The number of amidine groups is 1. The van der Waals surface area contributed by atoms with Gasteiger partial charge in [0.15, 0.2) is 16.9 Å². The molecule has 0 radical (unpaired) electrons. The van der Waals surface area contributed by atoms with Gasteiger partial charge in [-0.3, -0.25) is 14.3 Å². The summed E-state index contributed by atoms with van der Waals surface area (Å²) in [5.74, 6) is -6.11. The SMILES string of the molecule is CCOC(=O)[C@@H](OCc1oc(N2CNC3=C(NC(=O)c4ccccc4)N=C(Cl)N[C@@H]32)c(O)c1O)P(=O)(O)O. The van der Waals surface area contributed by atoms with E-state index in [-0.39, 0.29) is 30.3 Å². The lowest BCUT2D eigenvalue weighted by molar-refractivity contribution is -0.153. The molecule has 0 unspecified atom stereocenters. The topological polar surface area (TPSA) is 215 Å². The van der Waals surface area contributed by atoms with Gasteiger partial charge in [0, 0.05) is 5.56 Å². The summed E-state index contributed by atoms with van der Waals surface area (Å²) < 4.78 is 26.8. The van der Waals surface area contributed by atoms with Gasteiger partial charge in [-0.25, -0.2) is 9.79 Å². The van der Waals surface area contributed by atoms with Gasteiger partial charge in [-0.15, -0.1) is 0 Å². The van der Waals surface area contributed by atoms with Gasteiger partial charge in [-0.05, 0) is 30.7 Å². The van der Waals surface area contributed by atoms with E-state index in [1.165, 1.54) is 11.8 Å². The van der Waals surface area contributed by atoms with Crippen molar-refractivity contribution in [2.75, 3.05) is 18.2 Å². The molecule has 2 aliphatic rings. The van der Waals surface area contributed by atoms with E-state index in [4.69, 9.17) is 20.8 Å². The molecule has 15 nitrogen and oxygen atoms in total. The number of amides is 1. The molecule has 1 aromatic heterocycles. The Morgan fingerprint density at radius 1 is 1.29 bits per heavy atom. The number of hydrogen-bond donors (Lipinski definition) is 7. The summed E-state index contributed by atoms with van der Waals surface area (Å²) in [7, 11) is -5.09. The maximum absolute atomic E-state index is 12.6. The van der Waals surface area contributed by atoms with Crippen LogP contribution in [-0.2, 0) is 25.4 Å². The highest BCUT2D eigenvalue weighted by Gasteiger charge is 2.41. The minimum absolute atomic E-state index is 0.00780. The number of nitrogens with one attached hydrogen (secondary N) is 3. The molecule has 2 aromatic rings. The highest BCUT2D eigenvalue weighted by atomic mass is 35.5. The van der Waals surface area contributed by atoms with Crippen molar-refractivity contribution in [3.63, 3.8) is 0 Å². The van der Waals surface area contributed by atoms with E-state index in [0.717, 1.165) is 0 Å². The normalized spacial score (nSPS) is 17.7. The number of anilines is 1. The first-order valence-corrected chi connectivity index (χ1v) is 13.1. The summed E-state index contributed by atoms with van der Waals surface area (Å²) in [5.41, 5.74) is 0.752. The van der Waals surface area contributed by atoms with E-state index in [1.807, 2.05) is 0 Å². The summed E-state index contributed by atoms with van der Waals surface area (Å²) in [5, 5.41) is 29.3. The molecule has 1 amide bonds. The summed E-state index contributed by atoms with van der Waals surface area (Å²) in [4.78, 5) is 48.9. The van der Waals surface area contributed by atoms with E-state index < -0.39 is 55.3 Å². The zero-order valence-electron chi connectivity index (χ0n) is 19.6. The molecule has 4 rings (SSSR count). The Morgan fingerprint density at radius 2 is 2.00 bits per heavy atom. The van der Waals surface area contributed by atoms with Gasteiger partial charge >= 0.3 is 13.6 Å². The molecular weight excluding hydrogens is 549 g/mol. The lowest BCUT2D eigenvalue weighted by Crippen LogP contribution is -2.47. The summed E-state index contributed by atoms with van der Waals surface area (Å²) >= 11 is 6.14. The number of aliphatic imine (C=N–C) groups is 1. The van der Waals surface area contributed by atoms with Crippen LogP contribution >= 0.6 is 19.2 Å². The van der Waals surface area contributed by atoms with Crippen molar-refractivity contribution in [3.8, 4) is 11.5 Å². The lowest BCUT2D eigenvalue weighted by Gasteiger charge is -2.27. The van der Waals surface area contributed by atoms with Gasteiger partial charge in [0.1, 0.15) is 12.8 Å². The molecule has 17 heteroatoms. The number of ether oxygens (including phenoxy) is 2. The molecule has 7 N–H and O–H groups in total. The number of carbonyl (C=O) groups excluding carboxylic acids is 2. The smallest absolute Gasteiger partial charge is 0.365 e. The van der Waals surface area contributed by atoms with Crippen LogP contribution in [0.4, 0.5) is 5.88 Å². The molecule has 0 aliphatic carbocycles. The van der Waals surface area contributed by atoms with Crippen LogP contribution in [0.2, 0.25) is 0 Å². The minimum Gasteiger partial charge on any atom is -0.502 e. The van der Waals surface area contributed by atoms with E-state index in [9.17, 15) is 34.2 Å². The molecule has 1 saturated heterocycles. The van der Waals surface area contributed by atoms with Crippen molar-refractivity contribution in [1.82, 2.24) is 16.0 Å². The molecular formula is C21H23ClN5O10P. The number of nitrogens with zero attached hydrogens (tertiary/aromatic N) is 2. The van der Waals surface area contributed by atoms with E-state index in [0.29, 0.717) is 11.3 Å². The zero-order valence-corrected chi connectivity index (χ0v) is 21.3. The van der Waals surface area contributed by atoms with Crippen molar-refractivity contribution >= 4 is 42.3 Å². The van der Waals surface area contributed by atoms with Crippen LogP contribution in [0.1, 0.15) is 23.0 Å². The number of halogens is 1. The average molecular weight is 572 g/mol. The van der Waals surface area contributed by atoms with Crippen LogP contribution in [0.25, 0.3) is 0 Å². The highest BCUT2D eigenvalue weighted by Crippen LogP contribution is 2.46. The van der Waals surface area contributed by atoms with Gasteiger partial charge in [-0.1, -0.05) is 18.2 Å². The van der Waals surface area contributed by atoms with E-state index in [2.05, 4.69) is 25.7 Å². The molecule has 0 saturated carbocycles. The van der Waals surface area contributed by atoms with Crippen molar-refractivity contribution < 1.29 is 48.0 Å². The Hall–Kier alpha value is -3.75. The largest absolute Gasteiger partial charge is 0.502 e. The Kier molecular flexibility index (Phi) is 7.85. The second kappa shape index (κ2) is 10.9. The third kappa shape index (κ3) is 5.56. The van der Waals surface area contributed by atoms with Crippen molar-refractivity contribution in [2.24, 2.45) is 4.99 Å². The monoisotopic (exact) mass is 571 g/mol. The molecule has 1 fully saturated rings. The quantitative estimate of drug-likeness (QED) is 0.126. The maximum atomic E-state index is 12.6. The third-order valence-corrected chi connectivity index (χ3v) is 6.52. The molecule has 2 aliphatic heterocycles. The predicted octanol–water partition coefficient (Wildman–Crippen LogP) is 0.765. The molecule has 1 aromatic carbocycles. The van der Waals surface area contributed by atoms with Gasteiger partial charge in [0.2, 0.25) is 17.4 Å². The third-order valence-electron chi connectivity index (χ3n) is 5.35. The second-order valence-electron chi connectivity index (χ2n) is 7.87. The average Bonchev–Trinajstić information content (AvgIpc) is 3.40. The van der Waals surface area contributed by atoms with Crippen LogP contribution < -0.4 is 20.9 Å². The van der Waals surface area contributed by atoms with Crippen LogP contribution in [0, 0.1) is 0 Å². The zero-order chi connectivity index (χ0) is 27.6. The fraction of sp³-hybridized carbons (Fsp3) is 0.286. The Bertz CT molecular complexity index is 1340. The fourth-order valence-corrected chi connectivity index (χ4v) is 4.45. The van der Waals surface area contributed by atoms with Gasteiger partial charge in [0.05, 0.1) is 19.0 Å². The number of furan rings is 1. The molecule has 0 spiro atoms. The summed E-state index contributed by atoms with van der Waals surface area (Å²) in [6.07, 6.45) is -0.835. The highest BCUT2D eigenvalue weighted by molar-refractivity contribution is 7.53. The first-order chi connectivity index (χ1) is 18.0. The lowest BCUT2D eigenvalue weighted by atomic mass is 10.2. The first kappa shape index (κ1) is 27.3. The molecule has 204 valence electrons. The Balaban J connectivity index is 1.55. The minimum atomic E-state index is -5.09. The maximum Gasteiger partial charge on any atom is 0.365 e. The summed E-state index contributed by atoms with van der Waals surface area (Å²) in [6.45, 7) is 0.489. The molecule has 38 heavy (non-hydrogen) atoms. The molecule has 3 heterocycles. The molecule has 2 atom stereocenters. The fourth-order valence-electron chi connectivity index (χ4n) is 3.64. The number of carbonyl (C=O) groups is 2. The standard InChI is InChI=1S/C21H23ClN5O10P/c1-2-35-19(31)20(38(32,33)34)36-8-11-13(28)14(29)18(37-11)27-9-23-12-15(25-21(22)26-16(12)27)24-17(30)10-6-4-3-5-7-10/h3-7,16,20,23,28-29H,2,8-9H2,1H3,(H,24,30)(H,25,26)(H2,32,33,34)/t16-,20+/m1/s1. The van der Waals surface area contributed by atoms with E-state index in [1.54, 1.807) is 30.3 Å². The van der Waals surface area contributed by atoms with Crippen LogP contribution in [0.15, 0.2) is 51.3 Å². The number of rotatable bonds is 9. The van der Waals surface area contributed by atoms with Crippen LogP contribution in [-0.4, -0.2) is 62.5 Å². The number of benzene rings is 1. The Morgan fingerprint density at radius 3 is 2.66 bits per heavy atom. The predicted molar refractivity (Wildman–Crippen MR) is 131 cm³/mol. The van der Waals surface area contributed by atoms with Crippen LogP contribution in [0.3, 0.4) is 0 Å². The summed E-state index contributed by atoms with van der Waals surface area (Å²) in [6, 6.07) is 8.40. The first-order valence-electron chi connectivity index (χ1n) is 11.0. The number of esters is 1. The van der Waals surface area contributed by atoms with E-state index >= 15 is 0 Å². The number of aromatic hydroxyl groups is 2.